The van der Waals surface area contributed by atoms with Gasteiger partial charge in [-0.1, -0.05) is 24.3 Å². The summed E-state index contributed by atoms with van der Waals surface area (Å²) in [5.74, 6) is 1.36. The Morgan fingerprint density at radius 1 is 0.867 bits per heavy atom. The van der Waals surface area contributed by atoms with Crippen LogP contribution >= 0.6 is 0 Å². The third kappa shape index (κ3) is 3.75. The lowest BCUT2D eigenvalue weighted by Gasteiger charge is -2.10. The molecule has 30 heavy (non-hydrogen) atoms. The zero-order valence-electron chi connectivity index (χ0n) is 16.3. The molecule has 0 unspecified atom stereocenters. The van der Waals surface area contributed by atoms with Crippen LogP contribution in [0.2, 0.25) is 0 Å². The van der Waals surface area contributed by atoms with Crippen molar-refractivity contribution >= 4 is 16.7 Å². The van der Waals surface area contributed by atoms with Crippen LogP contribution in [0.5, 0.6) is 0 Å². The highest BCUT2D eigenvalue weighted by atomic mass is 15.0. The summed E-state index contributed by atoms with van der Waals surface area (Å²) in [5, 5.41) is 4.71. The largest absolute Gasteiger partial charge is 0.370 e. The fourth-order valence-electron chi connectivity index (χ4n) is 3.47. The van der Waals surface area contributed by atoms with Crippen molar-refractivity contribution in [3.05, 3.63) is 91.0 Å². The molecule has 4 heterocycles. The normalized spacial score (nSPS) is 10.9. The summed E-state index contributed by atoms with van der Waals surface area (Å²) in [6.45, 7) is 0.757. The van der Waals surface area contributed by atoms with Crippen LogP contribution in [0.15, 0.2) is 85.5 Å². The number of rotatable bonds is 6. The van der Waals surface area contributed by atoms with Crippen LogP contribution in [-0.2, 0) is 6.42 Å². The van der Waals surface area contributed by atoms with E-state index in [1.165, 1.54) is 10.9 Å². The van der Waals surface area contributed by atoms with Crippen LogP contribution in [-0.4, -0.2) is 31.5 Å². The van der Waals surface area contributed by atoms with Crippen molar-refractivity contribution in [1.82, 2.24) is 24.9 Å². The van der Waals surface area contributed by atoms with Crippen molar-refractivity contribution in [3.8, 4) is 22.8 Å². The number of fused-ring (bicyclic) bond motifs is 1. The number of H-pyrrole nitrogens is 1. The number of hydrogen-bond acceptors (Lipinski definition) is 5. The van der Waals surface area contributed by atoms with Gasteiger partial charge in [0.05, 0.1) is 5.69 Å². The highest BCUT2D eigenvalue weighted by molar-refractivity contribution is 5.83. The van der Waals surface area contributed by atoms with Gasteiger partial charge in [0.1, 0.15) is 11.5 Å². The molecule has 4 aromatic heterocycles. The molecule has 0 bridgehead atoms. The molecule has 0 amide bonds. The summed E-state index contributed by atoms with van der Waals surface area (Å²) in [6, 6.07) is 19.9. The molecule has 6 heteroatoms. The minimum absolute atomic E-state index is 0.589. The predicted molar refractivity (Wildman–Crippen MR) is 119 cm³/mol. The van der Waals surface area contributed by atoms with Gasteiger partial charge in [0.25, 0.3) is 0 Å². The Balaban J connectivity index is 1.42. The van der Waals surface area contributed by atoms with E-state index < -0.39 is 0 Å². The SMILES string of the molecule is c1ccc(-c2nc(NCCc3c[nH]c4ccccc34)cc(-c3cccnc3)n2)nc1. The fraction of sp³-hybridized carbons (Fsp3) is 0.0833. The maximum atomic E-state index is 4.71. The van der Waals surface area contributed by atoms with Gasteiger partial charge in [-0.15, -0.1) is 0 Å². The Labute approximate surface area is 174 Å². The lowest BCUT2D eigenvalue weighted by Crippen LogP contribution is -2.08. The zero-order chi connectivity index (χ0) is 20.2. The van der Waals surface area contributed by atoms with E-state index in [-0.39, 0.29) is 0 Å². The summed E-state index contributed by atoms with van der Waals surface area (Å²) in [4.78, 5) is 21.4. The Bertz CT molecular complexity index is 1210. The maximum Gasteiger partial charge on any atom is 0.180 e. The molecule has 0 aliphatic heterocycles. The Morgan fingerprint density at radius 3 is 2.67 bits per heavy atom. The minimum Gasteiger partial charge on any atom is -0.370 e. The van der Waals surface area contributed by atoms with Gasteiger partial charge in [0.2, 0.25) is 0 Å². The van der Waals surface area contributed by atoms with E-state index >= 15 is 0 Å². The van der Waals surface area contributed by atoms with Crippen LogP contribution in [0, 0.1) is 0 Å². The van der Waals surface area contributed by atoms with E-state index in [2.05, 4.69) is 44.7 Å². The molecule has 0 fully saturated rings. The molecule has 0 saturated carbocycles. The number of nitrogens with zero attached hydrogens (tertiary/aromatic N) is 4. The van der Waals surface area contributed by atoms with Gasteiger partial charge in [0.15, 0.2) is 5.82 Å². The summed E-state index contributed by atoms with van der Waals surface area (Å²) >= 11 is 0. The van der Waals surface area contributed by atoms with E-state index in [0.29, 0.717) is 5.82 Å². The number of hydrogen-bond donors (Lipinski definition) is 2. The number of anilines is 1. The number of benzene rings is 1. The molecular weight excluding hydrogens is 372 g/mol. The van der Waals surface area contributed by atoms with Crippen molar-refractivity contribution in [3.63, 3.8) is 0 Å². The fourth-order valence-corrected chi connectivity index (χ4v) is 3.47. The highest BCUT2D eigenvalue weighted by Crippen LogP contribution is 2.23. The van der Waals surface area contributed by atoms with Crippen molar-refractivity contribution in [2.45, 2.75) is 6.42 Å². The van der Waals surface area contributed by atoms with E-state index in [1.54, 1.807) is 18.6 Å². The van der Waals surface area contributed by atoms with Crippen LogP contribution in [0.4, 0.5) is 5.82 Å². The number of pyridine rings is 2. The lowest BCUT2D eigenvalue weighted by atomic mass is 10.1. The molecule has 5 rings (SSSR count). The molecule has 0 aliphatic rings. The predicted octanol–water partition coefficient (Wildman–Crippen LogP) is 4.74. The smallest absolute Gasteiger partial charge is 0.180 e. The first-order valence-corrected chi connectivity index (χ1v) is 9.86. The summed E-state index contributed by atoms with van der Waals surface area (Å²) < 4.78 is 0. The minimum atomic E-state index is 0.589. The van der Waals surface area contributed by atoms with Gasteiger partial charge in [-0.3, -0.25) is 9.97 Å². The standard InChI is InChI=1S/C24H20N6/c1-2-8-20-19(7-1)17(16-28-20)10-13-27-23-14-22(18-6-5-11-25-15-18)29-24(30-23)21-9-3-4-12-26-21/h1-9,11-12,14-16,28H,10,13H2,(H,27,29,30). The zero-order valence-corrected chi connectivity index (χ0v) is 16.3. The van der Waals surface area contributed by atoms with Gasteiger partial charge >= 0.3 is 0 Å². The number of aromatic amines is 1. The van der Waals surface area contributed by atoms with Crippen molar-refractivity contribution in [2.75, 3.05) is 11.9 Å². The molecule has 0 radical (unpaired) electrons. The number of nitrogens with one attached hydrogen (secondary N) is 2. The summed E-state index contributed by atoms with van der Waals surface area (Å²) in [7, 11) is 0. The van der Waals surface area contributed by atoms with Crippen LogP contribution in [0.25, 0.3) is 33.7 Å². The quantitative estimate of drug-likeness (QED) is 0.436. The van der Waals surface area contributed by atoms with E-state index in [0.717, 1.165) is 41.3 Å². The van der Waals surface area contributed by atoms with Crippen molar-refractivity contribution in [2.24, 2.45) is 0 Å². The number of aromatic nitrogens is 5. The molecule has 2 N–H and O–H groups in total. The number of para-hydroxylation sites is 1. The average Bonchev–Trinajstić information content (AvgIpc) is 3.23. The third-order valence-electron chi connectivity index (χ3n) is 4.95. The summed E-state index contributed by atoms with van der Waals surface area (Å²) in [5.41, 5.74) is 4.93. The first kappa shape index (κ1) is 18.0. The molecule has 0 aliphatic carbocycles. The first-order valence-electron chi connectivity index (χ1n) is 9.86. The highest BCUT2D eigenvalue weighted by Gasteiger charge is 2.10. The second kappa shape index (κ2) is 8.13. The molecular formula is C24H20N6. The lowest BCUT2D eigenvalue weighted by molar-refractivity contribution is 1.01. The second-order valence-corrected chi connectivity index (χ2v) is 6.95. The van der Waals surface area contributed by atoms with E-state index in [9.17, 15) is 0 Å². The van der Waals surface area contributed by atoms with Gasteiger partial charge < -0.3 is 10.3 Å². The topological polar surface area (TPSA) is 79.4 Å². The second-order valence-electron chi connectivity index (χ2n) is 6.95. The first-order chi connectivity index (χ1) is 14.9. The summed E-state index contributed by atoms with van der Waals surface area (Å²) in [6.07, 6.45) is 8.27. The molecule has 0 spiro atoms. The maximum absolute atomic E-state index is 4.71. The van der Waals surface area contributed by atoms with E-state index in [1.807, 2.05) is 42.5 Å². The third-order valence-corrected chi connectivity index (χ3v) is 4.95. The molecule has 0 saturated heterocycles. The van der Waals surface area contributed by atoms with Crippen LogP contribution in [0.3, 0.4) is 0 Å². The molecule has 146 valence electrons. The van der Waals surface area contributed by atoms with Crippen molar-refractivity contribution < 1.29 is 0 Å². The van der Waals surface area contributed by atoms with Gasteiger partial charge in [-0.2, -0.15) is 0 Å². The Morgan fingerprint density at radius 2 is 1.80 bits per heavy atom. The van der Waals surface area contributed by atoms with Crippen molar-refractivity contribution in [1.29, 1.82) is 0 Å². The van der Waals surface area contributed by atoms with E-state index in [4.69, 9.17) is 9.97 Å². The molecule has 6 nitrogen and oxygen atoms in total. The molecule has 0 atom stereocenters. The van der Waals surface area contributed by atoms with Gasteiger partial charge in [-0.25, -0.2) is 9.97 Å². The average molecular weight is 392 g/mol. The molecule has 1 aromatic carbocycles. The Kier molecular flexibility index (Phi) is 4.88. The van der Waals surface area contributed by atoms with Gasteiger partial charge in [0, 0.05) is 53.9 Å². The Hall–Kier alpha value is -4.06. The van der Waals surface area contributed by atoms with Crippen LogP contribution < -0.4 is 5.32 Å². The monoisotopic (exact) mass is 392 g/mol. The molecule has 5 aromatic rings. The van der Waals surface area contributed by atoms with Crippen LogP contribution in [0.1, 0.15) is 5.56 Å². The van der Waals surface area contributed by atoms with Gasteiger partial charge in [-0.05, 0) is 42.3 Å².